The lowest BCUT2D eigenvalue weighted by molar-refractivity contribution is 0.283. The predicted octanol–water partition coefficient (Wildman–Crippen LogP) is 4.06. The molecular formula is C20H25N3. The molecule has 0 spiro atoms. The van der Waals surface area contributed by atoms with Crippen LogP contribution in [0.1, 0.15) is 29.7 Å². The van der Waals surface area contributed by atoms with Gasteiger partial charge in [-0.1, -0.05) is 48.6 Å². The zero-order valence-electron chi connectivity index (χ0n) is 13.9. The maximum Gasteiger partial charge on any atom is 0.0638 e. The van der Waals surface area contributed by atoms with E-state index in [-0.39, 0.29) is 0 Å². The second-order valence-corrected chi connectivity index (χ2v) is 6.22. The van der Waals surface area contributed by atoms with Crippen LogP contribution in [0.3, 0.4) is 0 Å². The Hall–Kier alpha value is -2.13. The number of aromatic nitrogens is 2. The van der Waals surface area contributed by atoms with Crippen molar-refractivity contribution in [2.45, 2.75) is 38.9 Å². The topological polar surface area (TPSA) is 21.1 Å². The van der Waals surface area contributed by atoms with Crippen molar-refractivity contribution in [3.05, 3.63) is 72.1 Å². The Morgan fingerprint density at radius 3 is 2.78 bits per heavy atom. The van der Waals surface area contributed by atoms with Gasteiger partial charge in [0.1, 0.15) is 0 Å². The Bertz CT molecular complexity index is 665. The van der Waals surface area contributed by atoms with Crippen LogP contribution in [0.4, 0.5) is 0 Å². The van der Waals surface area contributed by atoms with Gasteiger partial charge in [0.25, 0.3) is 0 Å². The maximum atomic E-state index is 4.56. The van der Waals surface area contributed by atoms with Gasteiger partial charge in [0.15, 0.2) is 0 Å². The van der Waals surface area contributed by atoms with Gasteiger partial charge in [-0.3, -0.25) is 9.58 Å². The zero-order valence-corrected chi connectivity index (χ0v) is 13.9. The summed E-state index contributed by atoms with van der Waals surface area (Å²) in [5.41, 5.74) is 3.72. The average molecular weight is 307 g/mol. The van der Waals surface area contributed by atoms with Crippen molar-refractivity contribution in [2.24, 2.45) is 0 Å². The van der Waals surface area contributed by atoms with Gasteiger partial charge in [-0.25, -0.2) is 0 Å². The molecule has 1 aromatic carbocycles. The van der Waals surface area contributed by atoms with Crippen molar-refractivity contribution in [3.8, 4) is 0 Å². The quantitative estimate of drug-likeness (QED) is 0.686. The monoisotopic (exact) mass is 307 g/mol. The van der Waals surface area contributed by atoms with Gasteiger partial charge in [-0.2, -0.15) is 5.10 Å². The number of aryl methyl sites for hydroxylation is 1. The predicted molar refractivity (Wildman–Crippen MR) is 96.1 cm³/mol. The molecule has 0 saturated heterocycles. The highest BCUT2D eigenvalue weighted by atomic mass is 15.3. The molecular weight excluding hydrogens is 282 g/mol. The summed E-state index contributed by atoms with van der Waals surface area (Å²) in [6.07, 6.45) is 11.2. The van der Waals surface area contributed by atoms with Gasteiger partial charge in [-0.05, 0) is 25.3 Å². The van der Waals surface area contributed by atoms with E-state index in [1.165, 1.54) is 24.0 Å². The molecule has 120 valence electrons. The molecule has 0 bridgehead atoms. The first-order chi connectivity index (χ1) is 11.3. The van der Waals surface area contributed by atoms with Crippen molar-refractivity contribution in [1.82, 2.24) is 14.7 Å². The van der Waals surface area contributed by atoms with E-state index < -0.39 is 0 Å². The summed E-state index contributed by atoms with van der Waals surface area (Å²) < 4.78 is 1.97. The van der Waals surface area contributed by atoms with Crippen LogP contribution in [0.15, 0.2) is 55.3 Å². The van der Waals surface area contributed by atoms with Crippen LogP contribution >= 0.6 is 0 Å². The van der Waals surface area contributed by atoms with Crippen LogP contribution in [-0.4, -0.2) is 27.3 Å². The van der Waals surface area contributed by atoms with Gasteiger partial charge in [0, 0.05) is 30.9 Å². The summed E-state index contributed by atoms with van der Waals surface area (Å²) >= 11 is 0. The molecule has 1 fully saturated rings. The van der Waals surface area contributed by atoms with Gasteiger partial charge in [0.05, 0.1) is 12.2 Å². The highest BCUT2D eigenvalue weighted by Gasteiger charge is 2.28. The Kier molecular flexibility index (Phi) is 5.09. The third-order valence-electron chi connectivity index (χ3n) is 4.25. The first kappa shape index (κ1) is 15.8. The lowest BCUT2D eigenvalue weighted by atomic mass is 10.2. The van der Waals surface area contributed by atoms with E-state index in [2.05, 4.69) is 72.2 Å². The van der Waals surface area contributed by atoms with E-state index in [0.717, 1.165) is 31.4 Å². The molecule has 1 aliphatic carbocycles. The van der Waals surface area contributed by atoms with Gasteiger partial charge in [-0.15, -0.1) is 6.58 Å². The second kappa shape index (κ2) is 7.42. The number of allylic oxidation sites excluding steroid dienone is 1. The minimum Gasteiger partial charge on any atom is -0.292 e. The zero-order chi connectivity index (χ0) is 16.1. The van der Waals surface area contributed by atoms with Crippen LogP contribution in [-0.2, 0) is 13.1 Å². The molecule has 1 saturated carbocycles. The molecule has 1 aliphatic rings. The molecule has 1 aromatic heterocycles. The molecule has 23 heavy (non-hydrogen) atoms. The van der Waals surface area contributed by atoms with E-state index >= 15 is 0 Å². The number of nitrogens with zero attached hydrogens (tertiary/aromatic N) is 3. The molecule has 0 N–H and O–H groups in total. The van der Waals surface area contributed by atoms with Crippen molar-refractivity contribution in [2.75, 3.05) is 6.54 Å². The van der Waals surface area contributed by atoms with Crippen molar-refractivity contribution >= 4 is 6.08 Å². The number of benzene rings is 1. The maximum absolute atomic E-state index is 4.56. The normalized spacial score (nSPS) is 14.7. The SMILES string of the molecule is C=CCn1cc(CN(CC=Cc2ccccc2)C2CC2)c(C)n1. The molecule has 0 amide bonds. The molecule has 1 heterocycles. The summed E-state index contributed by atoms with van der Waals surface area (Å²) in [6.45, 7) is 8.63. The number of rotatable bonds is 8. The smallest absolute Gasteiger partial charge is 0.0638 e. The van der Waals surface area contributed by atoms with E-state index in [4.69, 9.17) is 0 Å². The number of hydrogen-bond donors (Lipinski definition) is 0. The Balaban J connectivity index is 1.63. The first-order valence-corrected chi connectivity index (χ1v) is 8.35. The molecule has 3 nitrogen and oxygen atoms in total. The highest BCUT2D eigenvalue weighted by molar-refractivity contribution is 5.48. The van der Waals surface area contributed by atoms with E-state index in [9.17, 15) is 0 Å². The lowest BCUT2D eigenvalue weighted by Gasteiger charge is -2.19. The van der Waals surface area contributed by atoms with Crippen molar-refractivity contribution in [3.63, 3.8) is 0 Å². The fourth-order valence-electron chi connectivity index (χ4n) is 2.83. The van der Waals surface area contributed by atoms with Crippen LogP contribution in [0.25, 0.3) is 6.08 Å². The van der Waals surface area contributed by atoms with Crippen molar-refractivity contribution in [1.29, 1.82) is 0 Å². The molecule has 3 rings (SSSR count). The fraction of sp³-hybridized carbons (Fsp3) is 0.350. The van der Waals surface area contributed by atoms with Crippen LogP contribution < -0.4 is 0 Å². The van der Waals surface area contributed by atoms with Crippen LogP contribution in [0.5, 0.6) is 0 Å². The summed E-state index contributed by atoms with van der Waals surface area (Å²) in [4.78, 5) is 2.56. The largest absolute Gasteiger partial charge is 0.292 e. The van der Waals surface area contributed by atoms with Crippen LogP contribution in [0.2, 0.25) is 0 Å². The summed E-state index contributed by atoms with van der Waals surface area (Å²) in [7, 11) is 0. The molecule has 2 aromatic rings. The second-order valence-electron chi connectivity index (χ2n) is 6.22. The molecule has 0 radical (unpaired) electrons. The Labute approximate surface area is 138 Å². The number of hydrogen-bond acceptors (Lipinski definition) is 2. The fourth-order valence-corrected chi connectivity index (χ4v) is 2.83. The standard InChI is InChI=1S/C20H25N3/c1-3-13-23-16-19(17(2)21-23)15-22(20-11-12-20)14-7-10-18-8-5-4-6-9-18/h3-10,16,20H,1,11-15H2,2H3. The Morgan fingerprint density at radius 1 is 1.30 bits per heavy atom. The minimum absolute atomic E-state index is 0.734. The minimum atomic E-state index is 0.734. The van der Waals surface area contributed by atoms with Gasteiger partial charge < -0.3 is 0 Å². The first-order valence-electron chi connectivity index (χ1n) is 8.35. The average Bonchev–Trinajstić information content (AvgIpc) is 3.34. The van der Waals surface area contributed by atoms with Crippen LogP contribution in [0, 0.1) is 6.92 Å². The molecule has 3 heteroatoms. The summed E-state index contributed by atoms with van der Waals surface area (Å²) in [6, 6.07) is 11.2. The van der Waals surface area contributed by atoms with Gasteiger partial charge in [0.2, 0.25) is 0 Å². The third-order valence-corrected chi connectivity index (χ3v) is 4.25. The molecule has 0 atom stereocenters. The van der Waals surface area contributed by atoms with E-state index in [0.29, 0.717) is 0 Å². The van der Waals surface area contributed by atoms with E-state index in [1.54, 1.807) is 0 Å². The summed E-state index contributed by atoms with van der Waals surface area (Å²) in [5, 5.41) is 4.56. The summed E-state index contributed by atoms with van der Waals surface area (Å²) in [5.74, 6) is 0. The lowest BCUT2D eigenvalue weighted by Crippen LogP contribution is -2.25. The van der Waals surface area contributed by atoms with E-state index in [1.807, 2.05) is 10.8 Å². The van der Waals surface area contributed by atoms with Gasteiger partial charge >= 0.3 is 0 Å². The molecule has 0 unspecified atom stereocenters. The van der Waals surface area contributed by atoms with Crippen molar-refractivity contribution < 1.29 is 0 Å². The molecule has 0 aliphatic heterocycles. The third kappa shape index (κ3) is 4.42. The Morgan fingerprint density at radius 2 is 2.09 bits per heavy atom. The highest BCUT2D eigenvalue weighted by Crippen LogP contribution is 2.28.